The van der Waals surface area contributed by atoms with Crippen LogP contribution in [0, 0.1) is 17.8 Å². The molecule has 0 spiro atoms. The quantitative estimate of drug-likeness (QED) is 0.743. The van der Waals surface area contributed by atoms with Crippen molar-refractivity contribution in [2.24, 2.45) is 17.8 Å². The number of hydrogen-bond donors (Lipinski definition) is 1. The maximum atomic E-state index is 9.27. The van der Waals surface area contributed by atoms with Crippen molar-refractivity contribution in [3.8, 4) is 0 Å². The van der Waals surface area contributed by atoms with Crippen LogP contribution in [0.25, 0.3) is 0 Å². The Morgan fingerprint density at radius 3 is 2.35 bits per heavy atom. The second-order valence-electron chi connectivity index (χ2n) is 6.56. The van der Waals surface area contributed by atoms with Crippen LogP contribution in [-0.2, 0) is 9.31 Å². The first-order valence-corrected chi connectivity index (χ1v) is 6.54. The molecule has 3 rings (SSSR count). The number of aliphatic hydroxyl groups is 1. The molecule has 1 N–H and O–H groups in total. The first-order chi connectivity index (χ1) is 7.87. The maximum absolute atomic E-state index is 9.27. The summed E-state index contributed by atoms with van der Waals surface area (Å²) in [6.45, 7) is 8.62. The molecule has 4 heteroatoms. The van der Waals surface area contributed by atoms with E-state index >= 15 is 0 Å². The summed E-state index contributed by atoms with van der Waals surface area (Å²) >= 11 is 0. The second-order valence-corrected chi connectivity index (χ2v) is 6.56. The standard InChI is InChI=1S/C13H21BO3/c1-12(2)13(3,4)17-14(16-12)10-6-5-8-9(7-15)11(8)10/h6,8-9,11,15H,5,7H2,1-4H3/t8-,9-,11-/m1/s1. The summed E-state index contributed by atoms with van der Waals surface area (Å²) in [4.78, 5) is 0. The van der Waals surface area contributed by atoms with E-state index < -0.39 is 0 Å². The highest BCUT2D eigenvalue weighted by Gasteiger charge is 2.61. The molecule has 0 aromatic heterocycles. The van der Waals surface area contributed by atoms with Crippen molar-refractivity contribution < 1.29 is 14.4 Å². The van der Waals surface area contributed by atoms with Crippen molar-refractivity contribution in [2.75, 3.05) is 6.61 Å². The van der Waals surface area contributed by atoms with Gasteiger partial charge in [-0.05, 0) is 57.3 Å². The van der Waals surface area contributed by atoms with E-state index in [1.807, 2.05) is 0 Å². The summed E-state index contributed by atoms with van der Waals surface area (Å²) in [6.07, 6.45) is 3.33. The van der Waals surface area contributed by atoms with Crippen molar-refractivity contribution >= 4 is 7.12 Å². The van der Waals surface area contributed by atoms with Crippen LogP contribution < -0.4 is 0 Å². The van der Waals surface area contributed by atoms with Gasteiger partial charge in [0.1, 0.15) is 0 Å². The van der Waals surface area contributed by atoms with Crippen molar-refractivity contribution in [2.45, 2.75) is 45.3 Å². The monoisotopic (exact) mass is 236 g/mol. The molecule has 0 aromatic carbocycles. The van der Waals surface area contributed by atoms with Gasteiger partial charge in [-0.2, -0.15) is 0 Å². The minimum Gasteiger partial charge on any atom is -0.400 e. The van der Waals surface area contributed by atoms with E-state index in [1.165, 1.54) is 5.47 Å². The smallest absolute Gasteiger partial charge is 0.400 e. The van der Waals surface area contributed by atoms with Gasteiger partial charge in [-0.3, -0.25) is 0 Å². The summed E-state index contributed by atoms with van der Waals surface area (Å²) in [7, 11) is -0.202. The molecular weight excluding hydrogens is 215 g/mol. The summed E-state index contributed by atoms with van der Waals surface area (Å²) < 4.78 is 12.1. The number of hydrogen-bond acceptors (Lipinski definition) is 3. The Kier molecular flexibility index (Phi) is 2.33. The molecule has 17 heavy (non-hydrogen) atoms. The molecule has 0 aromatic rings. The maximum Gasteiger partial charge on any atom is 0.490 e. The third-order valence-corrected chi connectivity index (χ3v) is 5.08. The topological polar surface area (TPSA) is 38.7 Å². The summed E-state index contributed by atoms with van der Waals surface area (Å²) in [6, 6.07) is 0. The molecule has 1 saturated heterocycles. The predicted molar refractivity (Wildman–Crippen MR) is 66.3 cm³/mol. The van der Waals surface area contributed by atoms with Crippen molar-refractivity contribution in [1.29, 1.82) is 0 Å². The van der Waals surface area contributed by atoms with E-state index in [4.69, 9.17) is 9.31 Å². The summed E-state index contributed by atoms with van der Waals surface area (Å²) in [5.41, 5.74) is 0.744. The van der Waals surface area contributed by atoms with E-state index in [0.29, 0.717) is 24.4 Å². The molecule has 0 amide bonds. The molecule has 1 aliphatic heterocycles. The van der Waals surface area contributed by atoms with Crippen LogP contribution in [0.5, 0.6) is 0 Å². The van der Waals surface area contributed by atoms with Crippen LogP contribution in [-0.4, -0.2) is 30.0 Å². The van der Waals surface area contributed by atoms with Crippen LogP contribution in [0.4, 0.5) is 0 Å². The first kappa shape index (κ1) is 11.8. The largest absolute Gasteiger partial charge is 0.490 e. The van der Waals surface area contributed by atoms with Gasteiger partial charge < -0.3 is 14.4 Å². The third-order valence-electron chi connectivity index (χ3n) is 5.08. The Morgan fingerprint density at radius 1 is 1.29 bits per heavy atom. The van der Waals surface area contributed by atoms with Gasteiger partial charge >= 0.3 is 7.12 Å². The Labute approximate surface area is 103 Å². The normalized spacial score (nSPS) is 41.4. The Morgan fingerprint density at radius 2 is 1.88 bits per heavy atom. The number of fused-ring (bicyclic) bond motifs is 1. The Balaban J connectivity index is 1.76. The zero-order valence-corrected chi connectivity index (χ0v) is 11.1. The fraction of sp³-hybridized carbons (Fsp3) is 0.846. The molecule has 0 bridgehead atoms. The number of allylic oxidation sites excluding steroid dienone is 2. The predicted octanol–water partition coefficient (Wildman–Crippen LogP) is 1.80. The molecule has 0 radical (unpaired) electrons. The minimum atomic E-state index is -0.264. The van der Waals surface area contributed by atoms with Gasteiger partial charge in [-0.15, -0.1) is 0 Å². The lowest BCUT2D eigenvalue weighted by Crippen LogP contribution is -2.41. The zero-order valence-electron chi connectivity index (χ0n) is 11.1. The van der Waals surface area contributed by atoms with Gasteiger partial charge in [0.05, 0.1) is 11.2 Å². The van der Waals surface area contributed by atoms with Crippen LogP contribution in [0.15, 0.2) is 11.5 Å². The van der Waals surface area contributed by atoms with Gasteiger partial charge in [-0.25, -0.2) is 0 Å². The van der Waals surface area contributed by atoms with Gasteiger partial charge in [-0.1, -0.05) is 6.08 Å². The molecule has 3 aliphatic rings. The van der Waals surface area contributed by atoms with Crippen LogP contribution >= 0.6 is 0 Å². The minimum absolute atomic E-state index is 0.202. The molecule has 2 fully saturated rings. The Hall–Kier alpha value is -0.315. The lowest BCUT2D eigenvalue weighted by Gasteiger charge is -2.32. The van der Waals surface area contributed by atoms with E-state index in [2.05, 4.69) is 33.8 Å². The van der Waals surface area contributed by atoms with Crippen molar-refractivity contribution in [1.82, 2.24) is 0 Å². The van der Waals surface area contributed by atoms with E-state index in [0.717, 1.165) is 6.42 Å². The average molecular weight is 236 g/mol. The summed E-state index contributed by atoms with van der Waals surface area (Å²) in [5.74, 6) is 1.61. The highest BCUT2D eigenvalue weighted by atomic mass is 16.7. The van der Waals surface area contributed by atoms with Crippen LogP contribution in [0.3, 0.4) is 0 Å². The molecule has 94 valence electrons. The third kappa shape index (κ3) is 1.54. The van der Waals surface area contributed by atoms with Crippen LogP contribution in [0.1, 0.15) is 34.1 Å². The van der Waals surface area contributed by atoms with E-state index in [-0.39, 0.29) is 18.3 Å². The molecule has 1 saturated carbocycles. The van der Waals surface area contributed by atoms with Gasteiger partial charge in [0, 0.05) is 6.61 Å². The van der Waals surface area contributed by atoms with E-state index in [1.54, 1.807) is 0 Å². The number of aliphatic hydroxyl groups excluding tert-OH is 1. The van der Waals surface area contributed by atoms with Crippen molar-refractivity contribution in [3.63, 3.8) is 0 Å². The van der Waals surface area contributed by atoms with Gasteiger partial charge in [0.15, 0.2) is 0 Å². The fourth-order valence-corrected chi connectivity index (χ4v) is 3.15. The van der Waals surface area contributed by atoms with Gasteiger partial charge in [0.2, 0.25) is 0 Å². The highest BCUT2D eigenvalue weighted by molar-refractivity contribution is 6.55. The zero-order chi connectivity index (χ0) is 12.4. The molecule has 3 nitrogen and oxygen atoms in total. The van der Waals surface area contributed by atoms with E-state index in [9.17, 15) is 5.11 Å². The molecule has 0 unspecified atom stereocenters. The average Bonchev–Trinajstić information content (AvgIpc) is 2.64. The van der Waals surface area contributed by atoms with Crippen LogP contribution in [0.2, 0.25) is 0 Å². The SMILES string of the molecule is CC1(C)OB(C2=CC[C@@H]3[C@@H](CO)[C@H]23)OC1(C)C. The highest BCUT2D eigenvalue weighted by Crippen LogP contribution is 2.59. The first-order valence-electron chi connectivity index (χ1n) is 6.54. The molecular formula is C13H21BO3. The second kappa shape index (κ2) is 3.37. The Bertz CT molecular complexity index is 359. The molecule has 3 atom stereocenters. The molecule has 1 heterocycles. The van der Waals surface area contributed by atoms with Crippen molar-refractivity contribution in [3.05, 3.63) is 11.5 Å². The fourth-order valence-electron chi connectivity index (χ4n) is 3.15. The lowest BCUT2D eigenvalue weighted by molar-refractivity contribution is 0.00578. The lowest BCUT2D eigenvalue weighted by atomic mass is 9.75. The summed E-state index contributed by atoms with van der Waals surface area (Å²) in [5, 5.41) is 9.27. The number of rotatable bonds is 2. The molecule has 2 aliphatic carbocycles. The van der Waals surface area contributed by atoms with Gasteiger partial charge in [0.25, 0.3) is 0 Å².